The van der Waals surface area contributed by atoms with Gasteiger partial charge in [0.25, 0.3) is 0 Å². The molecule has 0 saturated heterocycles. The van der Waals surface area contributed by atoms with Crippen molar-refractivity contribution in [3.05, 3.63) is 59.4 Å². The molecular formula is C17H19N3O. The van der Waals surface area contributed by atoms with Crippen molar-refractivity contribution in [1.29, 1.82) is 0 Å². The molecule has 4 nitrogen and oxygen atoms in total. The van der Waals surface area contributed by atoms with Crippen LogP contribution in [0.4, 0.5) is 0 Å². The Bertz CT molecular complexity index is 777. The molecule has 0 bridgehead atoms. The molecule has 0 aliphatic heterocycles. The van der Waals surface area contributed by atoms with Crippen molar-refractivity contribution in [1.82, 2.24) is 9.38 Å². The first-order valence-corrected chi connectivity index (χ1v) is 7.10. The highest BCUT2D eigenvalue weighted by Crippen LogP contribution is 2.27. The summed E-state index contributed by atoms with van der Waals surface area (Å²) in [6, 6.07) is 12.0. The number of fused-ring (bicyclic) bond motifs is 1. The van der Waals surface area contributed by atoms with Crippen LogP contribution in [0, 0.1) is 13.8 Å². The van der Waals surface area contributed by atoms with Crippen LogP contribution in [0.3, 0.4) is 0 Å². The van der Waals surface area contributed by atoms with Gasteiger partial charge in [-0.1, -0.05) is 12.1 Å². The molecule has 0 saturated carbocycles. The van der Waals surface area contributed by atoms with E-state index in [1.54, 1.807) is 0 Å². The quantitative estimate of drug-likeness (QED) is 0.798. The summed E-state index contributed by atoms with van der Waals surface area (Å²) in [4.78, 5) is 4.56. The number of aromatic nitrogens is 2. The molecule has 4 heteroatoms. The zero-order valence-electron chi connectivity index (χ0n) is 12.3. The van der Waals surface area contributed by atoms with Gasteiger partial charge in [-0.15, -0.1) is 0 Å². The molecule has 0 fully saturated rings. The molecule has 2 heterocycles. The third kappa shape index (κ3) is 2.62. The number of hydrogen-bond acceptors (Lipinski definition) is 3. The zero-order chi connectivity index (χ0) is 14.8. The number of imidazole rings is 1. The van der Waals surface area contributed by atoms with Gasteiger partial charge in [0.05, 0.1) is 5.69 Å². The van der Waals surface area contributed by atoms with E-state index in [1.807, 2.05) is 40.9 Å². The molecule has 0 atom stereocenters. The van der Waals surface area contributed by atoms with Gasteiger partial charge in [-0.3, -0.25) is 0 Å². The van der Waals surface area contributed by atoms with Crippen LogP contribution in [0.1, 0.15) is 16.8 Å². The van der Waals surface area contributed by atoms with Crippen LogP contribution in [0.25, 0.3) is 5.65 Å². The maximum Gasteiger partial charge on any atom is 0.241 e. The van der Waals surface area contributed by atoms with Gasteiger partial charge in [0, 0.05) is 12.6 Å². The maximum absolute atomic E-state index is 6.00. The molecule has 21 heavy (non-hydrogen) atoms. The molecule has 0 unspecified atom stereocenters. The van der Waals surface area contributed by atoms with Gasteiger partial charge in [-0.25, -0.2) is 0 Å². The van der Waals surface area contributed by atoms with Crippen LogP contribution in [-0.4, -0.2) is 15.9 Å². The van der Waals surface area contributed by atoms with E-state index in [2.05, 4.69) is 24.9 Å². The number of aryl methyl sites for hydroxylation is 2. The van der Waals surface area contributed by atoms with Crippen molar-refractivity contribution < 1.29 is 4.74 Å². The lowest BCUT2D eigenvalue weighted by Gasteiger charge is -2.07. The van der Waals surface area contributed by atoms with Gasteiger partial charge in [-0.2, -0.15) is 4.98 Å². The van der Waals surface area contributed by atoms with Crippen molar-refractivity contribution in [2.45, 2.75) is 20.3 Å². The summed E-state index contributed by atoms with van der Waals surface area (Å²) in [6.45, 7) is 4.72. The van der Waals surface area contributed by atoms with E-state index in [0.29, 0.717) is 12.4 Å². The minimum atomic E-state index is 0.561. The van der Waals surface area contributed by atoms with Crippen LogP contribution in [0.2, 0.25) is 0 Å². The summed E-state index contributed by atoms with van der Waals surface area (Å²) in [5.41, 5.74) is 10.1. The molecule has 3 aromatic rings. The lowest BCUT2D eigenvalue weighted by atomic mass is 10.1. The molecule has 2 N–H and O–H groups in total. The van der Waals surface area contributed by atoms with E-state index in [0.717, 1.165) is 23.5 Å². The highest BCUT2D eigenvalue weighted by molar-refractivity contribution is 5.47. The van der Waals surface area contributed by atoms with E-state index in [1.165, 1.54) is 11.1 Å². The second-order valence-corrected chi connectivity index (χ2v) is 5.18. The monoisotopic (exact) mass is 281 g/mol. The largest absolute Gasteiger partial charge is 0.437 e. The Hall–Kier alpha value is -2.33. The van der Waals surface area contributed by atoms with Gasteiger partial charge in [-0.05, 0) is 55.8 Å². The molecule has 0 amide bonds. The second kappa shape index (κ2) is 5.58. The molecule has 0 radical (unpaired) electrons. The molecule has 2 aromatic heterocycles. The van der Waals surface area contributed by atoms with E-state index in [-0.39, 0.29) is 0 Å². The number of hydrogen-bond donors (Lipinski definition) is 1. The molecule has 0 spiro atoms. The number of pyridine rings is 1. The average Bonchev–Trinajstić information content (AvgIpc) is 2.81. The van der Waals surface area contributed by atoms with Crippen molar-refractivity contribution >= 4 is 5.65 Å². The number of nitrogens with two attached hydrogens (primary N) is 1. The SMILES string of the molecule is Cc1ccc(Oc2nc3ccccn3c2CCN)cc1C. The molecular weight excluding hydrogens is 262 g/mol. The Morgan fingerprint density at radius 2 is 2.00 bits per heavy atom. The Morgan fingerprint density at radius 3 is 2.76 bits per heavy atom. The van der Waals surface area contributed by atoms with Crippen molar-refractivity contribution in [2.24, 2.45) is 5.73 Å². The van der Waals surface area contributed by atoms with Gasteiger partial charge in [0.2, 0.25) is 5.88 Å². The standard InChI is InChI=1S/C17H19N3O/c1-12-6-7-14(11-13(12)2)21-17-15(8-9-18)20-10-4-3-5-16(20)19-17/h3-7,10-11H,8-9,18H2,1-2H3. The zero-order valence-corrected chi connectivity index (χ0v) is 12.3. The normalized spacial score (nSPS) is 11.0. The van der Waals surface area contributed by atoms with Gasteiger partial charge in [0.1, 0.15) is 11.4 Å². The van der Waals surface area contributed by atoms with Crippen molar-refractivity contribution in [3.8, 4) is 11.6 Å². The summed E-state index contributed by atoms with van der Waals surface area (Å²) in [7, 11) is 0. The lowest BCUT2D eigenvalue weighted by molar-refractivity contribution is 0.458. The fourth-order valence-corrected chi connectivity index (χ4v) is 2.36. The molecule has 0 aliphatic carbocycles. The molecule has 0 aliphatic rings. The number of rotatable bonds is 4. The van der Waals surface area contributed by atoms with Crippen LogP contribution in [-0.2, 0) is 6.42 Å². The van der Waals surface area contributed by atoms with Gasteiger partial charge in [0.15, 0.2) is 0 Å². The third-order valence-electron chi connectivity index (χ3n) is 3.67. The lowest BCUT2D eigenvalue weighted by Crippen LogP contribution is -2.06. The Labute approximate surface area is 124 Å². The van der Waals surface area contributed by atoms with Gasteiger partial charge >= 0.3 is 0 Å². The summed E-state index contributed by atoms with van der Waals surface area (Å²) in [5, 5.41) is 0. The summed E-state index contributed by atoms with van der Waals surface area (Å²) >= 11 is 0. The Morgan fingerprint density at radius 1 is 1.14 bits per heavy atom. The highest BCUT2D eigenvalue weighted by Gasteiger charge is 2.13. The number of nitrogens with zero attached hydrogens (tertiary/aromatic N) is 2. The Balaban J connectivity index is 2.02. The van der Waals surface area contributed by atoms with Crippen molar-refractivity contribution in [2.75, 3.05) is 6.54 Å². The number of benzene rings is 1. The molecule has 108 valence electrons. The van der Waals surface area contributed by atoms with Crippen LogP contribution in [0.5, 0.6) is 11.6 Å². The fraction of sp³-hybridized carbons (Fsp3) is 0.235. The first-order valence-electron chi connectivity index (χ1n) is 7.10. The topological polar surface area (TPSA) is 52.5 Å². The van der Waals surface area contributed by atoms with E-state index >= 15 is 0 Å². The first kappa shape index (κ1) is 13.6. The van der Waals surface area contributed by atoms with Crippen LogP contribution < -0.4 is 10.5 Å². The van der Waals surface area contributed by atoms with Crippen LogP contribution >= 0.6 is 0 Å². The molecule has 3 rings (SSSR count). The number of ether oxygens (including phenoxy) is 1. The Kier molecular flexibility index (Phi) is 3.62. The minimum Gasteiger partial charge on any atom is -0.437 e. The van der Waals surface area contributed by atoms with E-state index < -0.39 is 0 Å². The predicted molar refractivity (Wildman–Crippen MR) is 83.9 cm³/mol. The minimum absolute atomic E-state index is 0.561. The van der Waals surface area contributed by atoms with Gasteiger partial charge < -0.3 is 14.9 Å². The summed E-state index contributed by atoms with van der Waals surface area (Å²) in [6.07, 6.45) is 2.71. The summed E-state index contributed by atoms with van der Waals surface area (Å²) < 4.78 is 8.03. The highest BCUT2D eigenvalue weighted by atomic mass is 16.5. The smallest absolute Gasteiger partial charge is 0.241 e. The van der Waals surface area contributed by atoms with E-state index in [9.17, 15) is 0 Å². The van der Waals surface area contributed by atoms with Crippen LogP contribution in [0.15, 0.2) is 42.6 Å². The predicted octanol–water partition coefficient (Wildman–Crippen LogP) is 3.24. The fourth-order valence-electron chi connectivity index (χ4n) is 2.36. The van der Waals surface area contributed by atoms with Crippen molar-refractivity contribution in [3.63, 3.8) is 0 Å². The maximum atomic E-state index is 6.00. The van der Waals surface area contributed by atoms with E-state index in [4.69, 9.17) is 10.5 Å². The third-order valence-corrected chi connectivity index (χ3v) is 3.67. The molecule has 1 aromatic carbocycles. The summed E-state index contributed by atoms with van der Waals surface area (Å²) in [5.74, 6) is 1.44. The first-order chi connectivity index (χ1) is 10.2. The second-order valence-electron chi connectivity index (χ2n) is 5.18. The average molecular weight is 281 g/mol.